The van der Waals surface area contributed by atoms with Gasteiger partial charge in [0.15, 0.2) is 5.95 Å². The molecular weight excluding hydrogens is 202 g/mol. The molecule has 4 nitrogen and oxygen atoms in total. The number of H-pyrrole nitrogens is 1. The number of nitrogens with two attached hydrogens (primary N) is 1. The van der Waals surface area contributed by atoms with E-state index in [0.29, 0.717) is 5.95 Å². The topological polar surface area (TPSA) is 63.9 Å². The highest BCUT2D eigenvalue weighted by atomic mass is 16.5. The standard InChI is InChI=1S/C12H15N3O/c1-8-11(15-12(13)14-8)7-9-4-3-5-10(6-9)16-2/h3-6H,7H2,1-2H3,(H3,13,14,15). The van der Waals surface area contributed by atoms with Gasteiger partial charge in [0.05, 0.1) is 12.8 Å². The number of nitrogens with one attached hydrogen (secondary N) is 1. The van der Waals surface area contributed by atoms with Crippen LogP contribution in [0.1, 0.15) is 17.0 Å². The molecule has 1 heterocycles. The number of aryl methyl sites for hydroxylation is 1. The number of ether oxygens (including phenoxy) is 1. The van der Waals surface area contributed by atoms with E-state index in [0.717, 1.165) is 29.1 Å². The fourth-order valence-electron chi connectivity index (χ4n) is 1.67. The number of hydrogen-bond acceptors (Lipinski definition) is 3. The van der Waals surface area contributed by atoms with Crippen LogP contribution in [-0.2, 0) is 6.42 Å². The average Bonchev–Trinajstić information content (AvgIpc) is 2.58. The third kappa shape index (κ3) is 2.16. The molecule has 0 fully saturated rings. The Kier molecular flexibility index (Phi) is 2.81. The van der Waals surface area contributed by atoms with Crippen molar-refractivity contribution in [2.45, 2.75) is 13.3 Å². The van der Waals surface area contributed by atoms with Crippen LogP contribution in [0.5, 0.6) is 5.75 Å². The largest absolute Gasteiger partial charge is 0.497 e. The number of methoxy groups -OCH3 is 1. The molecule has 0 radical (unpaired) electrons. The first-order valence-corrected chi connectivity index (χ1v) is 5.13. The molecule has 0 unspecified atom stereocenters. The molecule has 0 aliphatic rings. The molecule has 84 valence electrons. The fourth-order valence-corrected chi connectivity index (χ4v) is 1.67. The van der Waals surface area contributed by atoms with Crippen molar-refractivity contribution in [2.24, 2.45) is 0 Å². The van der Waals surface area contributed by atoms with Crippen molar-refractivity contribution in [2.75, 3.05) is 12.8 Å². The molecule has 3 N–H and O–H groups in total. The second-order valence-electron chi connectivity index (χ2n) is 3.72. The number of benzene rings is 1. The first kappa shape index (κ1) is 10.5. The number of hydrogen-bond donors (Lipinski definition) is 2. The highest BCUT2D eigenvalue weighted by Crippen LogP contribution is 2.17. The van der Waals surface area contributed by atoms with Crippen molar-refractivity contribution in [1.82, 2.24) is 9.97 Å². The van der Waals surface area contributed by atoms with Crippen LogP contribution in [0.2, 0.25) is 0 Å². The van der Waals surface area contributed by atoms with Crippen molar-refractivity contribution in [3.63, 3.8) is 0 Å². The Morgan fingerprint density at radius 2 is 2.25 bits per heavy atom. The quantitative estimate of drug-likeness (QED) is 0.825. The number of aromatic amines is 1. The number of nitrogens with zero attached hydrogens (tertiary/aromatic N) is 1. The Bertz CT molecular complexity index is 491. The Morgan fingerprint density at radius 3 is 2.88 bits per heavy atom. The molecule has 1 aromatic carbocycles. The van der Waals surface area contributed by atoms with Gasteiger partial charge in [-0.3, -0.25) is 0 Å². The number of anilines is 1. The predicted molar refractivity (Wildman–Crippen MR) is 63.5 cm³/mol. The van der Waals surface area contributed by atoms with Gasteiger partial charge >= 0.3 is 0 Å². The molecule has 0 spiro atoms. The van der Waals surface area contributed by atoms with Gasteiger partial charge in [0.2, 0.25) is 0 Å². The smallest absolute Gasteiger partial charge is 0.197 e. The van der Waals surface area contributed by atoms with E-state index in [1.165, 1.54) is 0 Å². The lowest BCUT2D eigenvalue weighted by Crippen LogP contribution is -1.92. The molecule has 0 saturated heterocycles. The van der Waals surface area contributed by atoms with E-state index in [1.807, 2.05) is 31.2 Å². The van der Waals surface area contributed by atoms with Crippen LogP contribution in [0.4, 0.5) is 5.95 Å². The van der Waals surface area contributed by atoms with E-state index in [9.17, 15) is 0 Å². The van der Waals surface area contributed by atoms with Crippen molar-refractivity contribution < 1.29 is 4.74 Å². The van der Waals surface area contributed by atoms with Gasteiger partial charge in [-0.25, -0.2) is 4.98 Å². The zero-order valence-electron chi connectivity index (χ0n) is 9.45. The SMILES string of the molecule is COc1cccc(Cc2nc(N)[nH]c2C)c1. The minimum absolute atomic E-state index is 0.468. The number of aromatic nitrogens is 2. The van der Waals surface area contributed by atoms with Crippen LogP contribution in [-0.4, -0.2) is 17.1 Å². The Morgan fingerprint density at radius 1 is 1.44 bits per heavy atom. The van der Waals surface area contributed by atoms with Crippen LogP contribution >= 0.6 is 0 Å². The van der Waals surface area contributed by atoms with Gasteiger partial charge in [-0.05, 0) is 24.6 Å². The molecule has 2 aromatic rings. The molecule has 2 rings (SSSR count). The Hall–Kier alpha value is -1.97. The zero-order valence-corrected chi connectivity index (χ0v) is 9.45. The maximum Gasteiger partial charge on any atom is 0.197 e. The normalized spacial score (nSPS) is 10.4. The summed E-state index contributed by atoms with van der Waals surface area (Å²) in [5.41, 5.74) is 8.75. The van der Waals surface area contributed by atoms with Gasteiger partial charge in [-0.1, -0.05) is 12.1 Å². The van der Waals surface area contributed by atoms with Crippen molar-refractivity contribution in [3.8, 4) is 5.75 Å². The minimum Gasteiger partial charge on any atom is -0.497 e. The molecule has 16 heavy (non-hydrogen) atoms. The highest BCUT2D eigenvalue weighted by molar-refractivity contribution is 5.34. The fraction of sp³-hybridized carbons (Fsp3) is 0.250. The van der Waals surface area contributed by atoms with Gasteiger partial charge in [-0.2, -0.15) is 0 Å². The van der Waals surface area contributed by atoms with Crippen LogP contribution in [0.3, 0.4) is 0 Å². The minimum atomic E-state index is 0.468. The third-order valence-corrected chi connectivity index (χ3v) is 2.51. The summed E-state index contributed by atoms with van der Waals surface area (Å²) in [4.78, 5) is 7.23. The third-order valence-electron chi connectivity index (χ3n) is 2.51. The lowest BCUT2D eigenvalue weighted by Gasteiger charge is -2.03. The van der Waals surface area contributed by atoms with Crippen LogP contribution in [0.25, 0.3) is 0 Å². The number of rotatable bonds is 3. The van der Waals surface area contributed by atoms with Crippen molar-refractivity contribution >= 4 is 5.95 Å². The second-order valence-corrected chi connectivity index (χ2v) is 3.72. The summed E-state index contributed by atoms with van der Waals surface area (Å²) in [5, 5.41) is 0. The van der Waals surface area contributed by atoms with E-state index in [1.54, 1.807) is 7.11 Å². The molecule has 0 aliphatic heterocycles. The monoisotopic (exact) mass is 217 g/mol. The number of imidazole rings is 1. The Labute approximate surface area is 94.5 Å². The van der Waals surface area contributed by atoms with E-state index in [2.05, 4.69) is 9.97 Å². The summed E-state index contributed by atoms with van der Waals surface area (Å²) >= 11 is 0. The molecule has 0 bridgehead atoms. The zero-order chi connectivity index (χ0) is 11.5. The first-order valence-electron chi connectivity index (χ1n) is 5.13. The van der Waals surface area contributed by atoms with E-state index < -0.39 is 0 Å². The highest BCUT2D eigenvalue weighted by Gasteiger charge is 2.05. The summed E-state index contributed by atoms with van der Waals surface area (Å²) < 4.78 is 5.18. The molecule has 4 heteroatoms. The maximum atomic E-state index is 5.60. The Balaban J connectivity index is 2.23. The van der Waals surface area contributed by atoms with Gasteiger partial charge in [-0.15, -0.1) is 0 Å². The van der Waals surface area contributed by atoms with Crippen LogP contribution in [0, 0.1) is 6.92 Å². The van der Waals surface area contributed by atoms with Crippen LogP contribution < -0.4 is 10.5 Å². The lowest BCUT2D eigenvalue weighted by atomic mass is 10.1. The maximum absolute atomic E-state index is 5.60. The molecule has 0 aliphatic carbocycles. The van der Waals surface area contributed by atoms with Gasteiger partial charge in [0, 0.05) is 12.1 Å². The van der Waals surface area contributed by atoms with E-state index >= 15 is 0 Å². The molecule has 1 aromatic heterocycles. The summed E-state index contributed by atoms with van der Waals surface area (Å²) in [6.07, 6.45) is 0.761. The second kappa shape index (κ2) is 4.26. The average molecular weight is 217 g/mol. The summed E-state index contributed by atoms with van der Waals surface area (Å²) in [5.74, 6) is 1.33. The molecule has 0 amide bonds. The van der Waals surface area contributed by atoms with Gasteiger partial charge < -0.3 is 15.5 Å². The summed E-state index contributed by atoms with van der Waals surface area (Å²) in [6, 6.07) is 7.95. The van der Waals surface area contributed by atoms with Gasteiger partial charge in [0.25, 0.3) is 0 Å². The lowest BCUT2D eigenvalue weighted by molar-refractivity contribution is 0.414. The molecular formula is C12H15N3O. The van der Waals surface area contributed by atoms with E-state index in [-0.39, 0.29) is 0 Å². The first-order chi connectivity index (χ1) is 7.69. The number of nitrogen functional groups attached to an aromatic ring is 1. The summed E-state index contributed by atoms with van der Waals surface area (Å²) in [6.45, 7) is 1.97. The van der Waals surface area contributed by atoms with Crippen LogP contribution in [0.15, 0.2) is 24.3 Å². The van der Waals surface area contributed by atoms with Crippen molar-refractivity contribution in [1.29, 1.82) is 0 Å². The van der Waals surface area contributed by atoms with Crippen molar-refractivity contribution in [3.05, 3.63) is 41.2 Å². The van der Waals surface area contributed by atoms with E-state index in [4.69, 9.17) is 10.5 Å². The van der Waals surface area contributed by atoms with Gasteiger partial charge in [0.1, 0.15) is 5.75 Å². The molecule has 0 saturated carbocycles. The predicted octanol–water partition coefficient (Wildman–Crippen LogP) is 1.90. The molecule has 0 atom stereocenters. The summed E-state index contributed by atoms with van der Waals surface area (Å²) in [7, 11) is 1.66.